The van der Waals surface area contributed by atoms with E-state index in [4.69, 9.17) is 5.73 Å². The Morgan fingerprint density at radius 2 is 2.18 bits per heavy atom. The number of carbonyl (C=O) groups excluding carboxylic acids is 1. The highest BCUT2D eigenvalue weighted by molar-refractivity contribution is 6.00. The summed E-state index contributed by atoms with van der Waals surface area (Å²) in [6.45, 7) is 0. The van der Waals surface area contributed by atoms with Gasteiger partial charge in [0, 0.05) is 30.9 Å². The zero-order valence-electron chi connectivity index (χ0n) is 9.42. The van der Waals surface area contributed by atoms with Gasteiger partial charge < -0.3 is 10.6 Å². The van der Waals surface area contributed by atoms with E-state index in [1.807, 2.05) is 0 Å². The number of hydrogen-bond acceptors (Lipinski definition) is 4. The number of rotatable bonds is 3. The van der Waals surface area contributed by atoms with Crippen LogP contribution in [0.2, 0.25) is 0 Å². The maximum Gasteiger partial charge on any atom is 0.270 e. The summed E-state index contributed by atoms with van der Waals surface area (Å²) in [6.07, 6.45) is 1.97. The predicted octanol–water partition coefficient (Wildman–Crippen LogP) is 1.41. The number of benzene rings is 1. The molecule has 0 saturated heterocycles. The number of anilines is 1. The second-order valence-corrected chi connectivity index (χ2v) is 4.18. The number of hydrogen-bond donors (Lipinski definition) is 1. The van der Waals surface area contributed by atoms with Gasteiger partial charge in [-0.25, -0.2) is 0 Å². The molecule has 6 heteroatoms. The van der Waals surface area contributed by atoms with Crippen molar-refractivity contribution in [1.82, 2.24) is 4.90 Å². The Balaban J connectivity index is 2.32. The van der Waals surface area contributed by atoms with Gasteiger partial charge in [0.1, 0.15) is 0 Å². The lowest BCUT2D eigenvalue weighted by Gasteiger charge is -2.17. The maximum absolute atomic E-state index is 12.0. The van der Waals surface area contributed by atoms with Crippen molar-refractivity contribution >= 4 is 17.3 Å². The van der Waals surface area contributed by atoms with Crippen LogP contribution in [0.15, 0.2) is 18.2 Å². The van der Waals surface area contributed by atoms with Crippen molar-refractivity contribution in [2.24, 2.45) is 0 Å². The summed E-state index contributed by atoms with van der Waals surface area (Å²) in [5.74, 6) is -0.256. The molecular formula is C11H13N3O3. The Bertz CT molecular complexity index is 483. The van der Waals surface area contributed by atoms with Crippen LogP contribution >= 0.6 is 0 Å². The summed E-state index contributed by atoms with van der Waals surface area (Å²) in [4.78, 5) is 23.7. The van der Waals surface area contributed by atoms with Crippen LogP contribution in [0.4, 0.5) is 11.4 Å². The van der Waals surface area contributed by atoms with E-state index in [0.717, 1.165) is 12.8 Å². The quantitative estimate of drug-likeness (QED) is 0.487. The number of nitrogens with two attached hydrogens (primary N) is 1. The monoisotopic (exact) mass is 235 g/mol. The van der Waals surface area contributed by atoms with Crippen molar-refractivity contribution < 1.29 is 9.72 Å². The minimum absolute atomic E-state index is 0.119. The summed E-state index contributed by atoms with van der Waals surface area (Å²) in [5.41, 5.74) is 6.03. The second kappa shape index (κ2) is 4.04. The van der Waals surface area contributed by atoms with Crippen molar-refractivity contribution in [3.8, 4) is 0 Å². The molecule has 1 fully saturated rings. The number of non-ortho nitro benzene ring substituents is 1. The molecule has 2 N–H and O–H groups in total. The molecular weight excluding hydrogens is 222 g/mol. The highest BCUT2D eigenvalue weighted by atomic mass is 16.6. The molecule has 0 unspecified atom stereocenters. The molecule has 2 rings (SSSR count). The molecule has 0 bridgehead atoms. The molecule has 17 heavy (non-hydrogen) atoms. The summed E-state index contributed by atoms with van der Waals surface area (Å²) in [5, 5.41) is 10.6. The van der Waals surface area contributed by atoms with E-state index in [1.54, 1.807) is 11.9 Å². The van der Waals surface area contributed by atoms with E-state index in [9.17, 15) is 14.9 Å². The Kier molecular flexibility index (Phi) is 2.71. The number of nitro benzene ring substituents is 1. The number of amides is 1. The van der Waals surface area contributed by atoms with E-state index in [1.165, 1.54) is 18.2 Å². The molecule has 6 nitrogen and oxygen atoms in total. The fourth-order valence-corrected chi connectivity index (χ4v) is 1.66. The van der Waals surface area contributed by atoms with Crippen LogP contribution in [0, 0.1) is 10.1 Å². The zero-order valence-corrected chi connectivity index (χ0v) is 9.42. The summed E-state index contributed by atoms with van der Waals surface area (Å²) < 4.78 is 0. The van der Waals surface area contributed by atoms with Crippen LogP contribution in [-0.4, -0.2) is 28.8 Å². The first-order valence-electron chi connectivity index (χ1n) is 5.32. The average Bonchev–Trinajstić information content (AvgIpc) is 3.11. The van der Waals surface area contributed by atoms with E-state index >= 15 is 0 Å². The van der Waals surface area contributed by atoms with Crippen molar-refractivity contribution in [2.75, 3.05) is 12.8 Å². The Morgan fingerprint density at radius 1 is 1.53 bits per heavy atom. The smallest absolute Gasteiger partial charge is 0.270 e. The molecule has 0 aromatic heterocycles. The fourth-order valence-electron chi connectivity index (χ4n) is 1.66. The SMILES string of the molecule is CN(C(=O)c1cc([N+](=O)[O-])ccc1N)C1CC1. The van der Waals surface area contributed by atoms with E-state index < -0.39 is 4.92 Å². The largest absolute Gasteiger partial charge is 0.398 e. The highest BCUT2D eigenvalue weighted by Gasteiger charge is 2.31. The molecule has 1 saturated carbocycles. The molecule has 0 radical (unpaired) electrons. The number of nitro groups is 1. The average molecular weight is 235 g/mol. The van der Waals surface area contributed by atoms with Gasteiger partial charge in [-0.1, -0.05) is 0 Å². The number of carbonyl (C=O) groups is 1. The van der Waals surface area contributed by atoms with Crippen LogP contribution in [0.1, 0.15) is 23.2 Å². The molecule has 1 aromatic carbocycles. The van der Waals surface area contributed by atoms with Crippen molar-refractivity contribution in [1.29, 1.82) is 0 Å². The minimum Gasteiger partial charge on any atom is -0.398 e. The molecule has 1 aliphatic carbocycles. The molecule has 0 heterocycles. The van der Waals surface area contributed by atoms with Gasteiger partial charge in [0.15, 0.2) is 0 Å². The van der Waals surface area contributed by atoms with Gasteiger partial charge in [0.25, 0.3) is 11.6 Å². The van der Waals surface area contributed by atoms with Gasteiger partial charge in [-0.2, -0.15) is 0 Å². The van der Waals surface area contributed by atoms with Crippen LogP contribution in [0.3, 0.4) is 0 Å². The molecule has 1 aromatic rings. The van der Waals surface area contributed by atoms with Crippen LogP contribution in [-0.2, 0) is 0 Å². The second-order valence-electron chi connectivity index (χ2n) is 4.18. The first-order chi connectivity index (χ1) is 8.00. The summed E-state index contributed by atoms with van der Waals surface area (Å²) in [7, 11) is 1.69. The Labute approximate surface area is 98.2 Å². The van der Waals surface area contributed by atoms with Crippen molar-refractivity contribution in [3.05, 3.63) is 33.9 Å². The van der Waals surface area contributed by atoms with Gasteiger partial charge >= 0.3 is 0 Å². The minimum atomic E-state index is -0.534. The van der Waals surface area contributed by atoms with Crippen molar-refractivity contribution in [2.45, 2.75) is 18.9 Å². The lowest BCUT2D eigenvalue weighted by atomic mass is 10.1. The number of nitrogens with zero attached hydrogens (tertiary/aromatic N) is 2. The third-order valence-electron chi connectivity index (χ3n) is 2.89. The van der Waals surface area contributed by atoms with Gasteiger partial charge in [-0.05, 0) is 18.9 Å². The summed E-state index contributed by atoms with van der Waals surface area (Å²) >= 11 is 0. The van der Waals surface area contributed by atoms with Gasteiger partial charge in [-0.15, -0.1) is 0 Å². The fraction of sp³-hybridized carbons (Fsp3) is 0.364. The molecule has 1 amide bonds. The predicted molar refractivity (Wildman–Crippen MR) is 62.6 cm³/mol. The van der Waals surface area contributed by atoms with E-state index in [-0.39, 0.29) is 28.9 Å². The normalized spacial score (nSPS) is 14.4. The Morgan fingerprint density at radius 3 is 2.71 bits per heavy atom. The lowest BCUT2D eigenvalue weighted by Crippen LogP contribution is -2.29. The molecule has 1 aliphatic rings. The van der Waals surface area contributed by atoms with Gasteiger partial charge in [0.05, 0.1) is 10.5 Å². The van der Waals surface area contributed by atoms with Crippen LogP contribution < -0.4 is 5.73 Å². The highest BCUT2D eigenvalue weighted by Crippen LogP contribution is 2.28. The van der Waals surface area contributed by atoms with Crippen LogP contribution in [0.25, 0.3) is 0 Å². The molecule has 0 atom stereocenters. The van der Waals surface area contributed by atoms with Crippen LogP contribution in [0.5, 0.6) is 0 Å². The van der Waals surface area contributed by atoms with Gasteiger partial charge in [0.2, 0.25) is 0 Å². The number of nitrogen functional groups attached to an aromatic ring is 1. The molecule has 0 spiro atoms. The van der Waals surface area contributed by atoms with E-state index in [0.29, 0.717) is 0 Å². The maximum atomic E-state index is 12.0. The molecule has 90 valence electrons. The van der Waals surface area contributed by atoms with Crippen molar-refractivity contribution in [3.63, 3.8) is 0 Å². The topological polar surface area (TPSA) is 89.5 Å². The third-order valence-corrected chi connectivity index (χ3v) is 2.89. The first-order valence-corrected chi connectivity index (χ1v) is 5.32. The van der Waals surface area contributed by atoms with E-state index in [2.05, 4.69) is 0 Å². The Hall–Kier alpha value is -2.11. The van der Waals surface area contributed by atoms with Gasteiger partial charge in [-0.3, -0.25) is 14.9 Å². The zero-order chi connectivity index (χ0) is 12.6. The lowest BCUT2D eigenvalue weighted by molar-refractivity contribution is -0.384. The summed E-state index contributed by atoms with van der Waals surface area (Å²) in [6, 6.07) is 4.17. The first kappa shape index (κ1) is 11.4. The molecule has 0 aliphatic heterocycles. The standard InChI is InChI=1S/C11H13N3O3/c1-13(7-2-3-7)11(15)9-6-8(14(16)17)4-5-10(9)12/h4-7H,2-3,12H2,1H3. The third kappa shape index (κ3) is 2.20.